The first-order valence-electron chi connectivity index (χ1n) is 8.03. The number of aryl methyl sites for hydroxylation is 1. The Morgan fingerprint density at radius 1 is 1.14 bits per heavy atom. The molecule has 3 rings (SSSR count). The second-order valence-corrected chi connectivity index (χ2v) is 6.50. The summed E-state index contributed by atoms with van der Waals surface area (Å²) in [5.74, 6) is 1.38. The molecule has 1 fully saturated rings. The van der Waals surface area contributed by atoms with Crippen LogP contribution in [0.5, 0.6) is 0 Å². The van der Waals surface area contributed by atoms with Crippen LogP contribution in [0.15, 0.2) is 54.6 Å². The van der Waals surface area contributed by atoms with Crippen LogP contribution in [0.2, 0.25) is 0 Å². The van der Waals surface area contributed by atoms with E-state index in [1.54, 1.807) is 0 Å². The summed E-state index contributed by atoms with van der Waals surface area (Å²) in [7, 11) is 0. The van der Waals surface area contributed by atoms with E-state index in [0.717, 1.165) is 5.56 Å². The highest BCUT2D eigenvalue weighted by molar-refractivity contribution is 5.79. The van der Waals surface area contributed by atoms with Crippen LogP contribution in [-0.4, -0.2) is 5.91 Å². The molecule has 1 saturated carbocycles. The lowest BCUT2D eigenvalue weighted by Gasteiger charge is -2.19. The highest BCUT2D eigenvalue weighted by Gasteiger charge is 2.40. The van der Waals surface area contributed by atoms with Gasteiger partial charge in [-0.15, -0.1) is 0 Å². The second-order valence-electron chi connectivity index (χ2n) is 6.50. The van der Waals surface area contributed by atoms with E-state index in [1.807, 2.05) is 30.3 Å². The first-order valence-corrected chi connectivity index (χ1v) is 8.03. The van der Waals surface area contributed by atoms with E-state index in [4.69, 9.17) is 0 Å². The van der Waals surface area contributed by atoms with Crippen molar-refractivity contribution in [3.8, 4) is 0 Å². The van der Waals surface area contributed by atoms with Crippen LogP contribution in [0.1, 0.15) is 36.1 Å². The minimum atomic E-state index is 0.108. The van der Waals surface area contributed by atoms with Gasteiger partial charge in [-0.25, -0.2) is 0 Å². The van der Waals surface area contributed by atoms with Gasteiger partial charge >= 0.3 is 0 Å². The average molecular weight is 293 g/mol. The van der Waals surface area contributed by atoms with Crippen molar-refractivity contribution in [3.63, 3.8) is 0 Å². The summed E-state index contributed by atoms with van der Waals surface area (Å²) in [4.78, 5) is 12.4. The van der Waals surface area contributed by atoms with Gasteiger partial charge in [0, 0.05) is 0 Å². The average Bonchev–Trinajstić information content (AvgIpc) is 3.25. The highest BCUT2D eigenvalue weighted by atomic mass is 16.1. The zero-order chi connectivity index (χ0) is 15.5. The Bertz CT molecular complexity index is 633. The standard InChI is InChI=1S/C20H23NO/c1-14-8-10-16(11-9-14)13-19(22)21-20(18-12-15(18)2)17-6-4-3-5-7-17/h3-11,15,18,20H,12-13H2,1-2H3,(H,21,22). The Balaban J connectivity index is 1.68. The lowest BCUT2D eigenvalue weighted by atomic mass is 10.0. The molecule has 1 amide bonds. The molecule has 0 aliphatic heterocycles. The minimum Gasteiger partial charge on any atom is -0.349 e. The van der Waals surface area contributed by atoms with E-state index in [9.17, 15) is 4.79 Å². The van der Waals surface area contributed by atoms with E-state index in [1.165, 1.54) is 17.5 Å². The fraction of sp³-hybridized carbons (Fsp3) is 0.350. The van der Waals surface area contributed by atoms with Gasteiger partial charge < -0.3 is 5.32 Å². The van der Waals surface area contributed by atoms with Gasteiger partial charge in [-0.1, -0.05) is 67.1 Å². The predicted octanol–water partition coefficient (Wildman–Crippen LogP) is 4.05. The lowest BCUT2D eigenvalue weighted by Crippen LogP contribution is -2.31. The molecule has 1 aliphatic carbocycles. The Hall–Kier alpha value is -2.09. The van der Waals surface area contributed by atoms with Crippen LogP contribution in [0.4, 0.5) is 0 Å². The molecule has 0 bridgehead atoms. The maximum Gasteiger partial charge on any atom is 0.224 e. The molecule has 0 aromatic heterocycles. The van der Waals surface area contributed by atoms with E-state index in [-0.39, 0.29) is 11.9 Å². The van der Waals surface area contributed by atoms with Gasteiger partial charge in [-0.05, 0) is 36.3 Å². The van der Waals surface area contributed by atoms with E-state index in [0.29, 0.717) is 18.3 Å². The SMILES string of the molecule is Cc1ccc(CC(=O)NC(c2ccccc2)C2CC2C)cc1. The summed E-state index contributed by atoms with van der Waals surface area (Å²) in [6.07, 6.45) is 1.65. The summed E-state index contributed by atoms with van der Waals surface area (Å²) < 4.78 is 0. The van der Waals surface area contributed by atoms with Crippen LogP contribution in [0.25, 0.3) is 0 Å². The van der Waals surface area contributed by atoms with Crippen LogP contribution < -0.4 is 5.32 Å². The fourth-order valence-corrected chi connectivity index (χ4v) is 3.03. The predicted molar refractivity (Wildman–Crippen MR) is 89.5 cm³/mol. The number of hydrogen-bond acceptors (Lipinski definition) is 1. The van der Waals surface area contributed by atoms with Gasteiger partial charge in [0.1, 0.15) is 0 Å². The molecule has 1 aliphatic rings. The van der Waals surface area contributed by atoms with Crippen molar-refractivity contribution in [3.05, 3.63) is 71.3 Å². The van der Waals surface area contributed by atoms with Crippen LogP contribution in [0, 0.1) is 18.8 Å². The van der Waals surface area contributed by atoms with Crippen molar-refractivity contribution in [2.75, 3.05) is 0 Å². The molecule has 2 nitrogen and oxygen atoms in total. The first-order chi connectivity index (χ1) is 10.6. The molecular weight excluding hydrogens is 270 g/mol. The van der Waals surface area contributed by atoms with Gasteiger partial charge in [-0.3, -0.25) is 4.79 Å². The van der Waals surface area contributed by atoms with Crippen LogP contribution in [0.3, 0.4) is 0 Å². The third-order valence-corrected chi connectivity index (χ3v) is 4.56. The Kier molecular flexibility index (Phi) is 4.28. The van der Waals surface area contributed by atoms with Gasteiger partial charge in [0.05, 0.1) is 12.5 Å². The molecule has 2 aromatic carbocycles. The van der Waals surface area contributed by atoms with E-state index >= 15 is 0 Å². The fourth-order valence-electron chi connectivity index (χ4n) is 3.03. The highest BCUT2D eigenvalue weighted by Crippen LogP contribution is 2.46. The molecule has 0 spiro atoms. The molecule has 2 aromatic rings. The summed E-state index contributed by atoms with van der Waals surface area (Å²) in [5, 5.41) is 3.25. The minimum absolute atomic E-state index is 0.108. The third kappa shape index (κ3) is 3.56. The van der Waals surface area contributed by atoms with E-state index in [2.05, 4.69) is 43.4 Å². The quantitative estimate of drug-likeness (QED) is 0.885. The molecule has 0 radical (unpaired) electrons. The summed E-state index contributed by atoms with van der Waals surface area (Å²) in [5.41, 5.74) is 3.51. The largest absolute Gasteiger partial charge is 0.349 e. The number of carbonyl (C=O) groups excluding carboxylic acids is 1. The Morgan fingerprint density at radius 2 is 1.77 bits per heavy atom. The Labute approximate surface area is 132 Å². The lowest BCUT2D eigenvalue weighted by molar-refractivity contribution is -0.121. The maximum absolute atomic E-state index is 12.4. The van der Waals surface area contributed by atoms with E-state index < -0.39 is 0 Å². The summed E-state index contributed by atoms with van der Waals surface area (Å²) >= 11 is 0. The number of amides is 1. The zero-order valence-electron chi connectivity index (χ0n) is 13.3. The number of hydrogen-bond donors (Lipinski definition) is 1. The molecule has 114 valence electrons. The van der Waals surface area contributed by atoms with Gasteiger partial charge in [0.2, 0.25) is 5.91 Å². The van der Waals surface area contributed by atoms with Crippen LogP contribution >= 0.6 is 0 Å². The van der Waals surface area contributed by atoms with Crippen molar-refractivity contribution in [2.24, 2.45) is 11.8 Å². The van der Waals surface area contributed by atoms with Gasteiger partial charge in [-0.2, -0.15) is 0 Å². The molecule has 0 saturated heterocycles. The topological polar surface area (TPSA) is 29.1 Å². The van der Waals surface area contributed by atoms with Crippen LogP contribution in [-0.2, 0) is 11.2 Å². The second kappa shape index (κ2) is 6.35. The molecule has 0 heterocycles. The molecular formula is C20H23NO. The molecule has 2 heteroatoms. The number of nitrogens with one attached hydrogen (secondary N) is 1. The number of benzene rings is 2. The van der Waals surface area contributed by atoms with Crippen molar-refractivity contribution in [2.45, 2.75) is 32.7 Å². The van der Waals surface area contributed by atoms with Crippen molar-refractivity contribution in [1.29, 1.82) is 0 Å². The normalized spacial score (nSPS) is 21.2. The van der Waals surface area contributed by atoms with Crippen molar-refractivity contribution in [1.82, 2.24) is 5.32 Å². The number of rotatable bonds is 5. The van der Waals surface area contributed by atoms with Crippen molar-refractivity contribution >= 4 is 5.91 Å². The summed E-state index contributed by atoms with van der Waals surface area (Å²) in [6, 6.07) is 18.7. The monoisotopic (exact) mass is 293 g/mol. The molecule has 3 unspecified atom stereocenters. The maximum atomic E-state index is 12.4. The van der Waals surface area contributed by atoms with Gasteiger partial charge in [0.25, 0.3) is 0 Å². The zero-order valence-corrected chi connectivity index (χ0v) is 13.3. The molecule has 3 atom stereocenters. The number of carbonyl (C=O) groups is 1. The third-order valence-electron chi connectivity index (χ3n) is 4.56. The first kappa shape index (κ1) is 14.8. The summed E-state index contributed by atoms with van der Waals surface area (Å²) in [6.45, 7) is 4.32. The van der Waals surface area contributed by atoms with Crippen molar-refractivity contribution < 1.29 is 4.79 Å². The molecule has 22 heavy (non-hydrogen) atoms. The molecule has 1 N–H and O–H groups in total. The Morgan fingerprint density at radius 3 is 2.36 bits per heavy atom. The smallest absolute Gasteiger partial charge is 0.224 e. The van der Waals surface area contributed by atoms with Gasteiger partial charge in [0.15, 0.2) is 0 Å².